The predicted octanol–water partition coefficient (Wildman–Crippen LogP) is 1.01. The summed E-state index contributed by atoms with van der Waals surface area (Å²) in [7, 11) is -2.60. The van der Waals surface area contributed by atoms with E-state index >= 15 is 0 Å². The average molecular weight is 298 g/mol. The number of nitrogens with one attached hydrogen (secondary N) is 1. The molecule has 1 saturated carbocycles. The zero-order valence-corrected chi connectivity index (χ0v) is 12.3. The van der Waals surface area contributed by atoms with E-state index in [0.717, 1.165) is 19.3 Å². The first-order chi connectivity index (χ1) is 9.25. The number of rotatable bonds is 4. The van der Waals surface area contributed by atoms with Crippen molar-refractivity contribution in [2.24, 2.45) is 5.14 Å². The zero-order valence-electron chi connectivity index (χ0n) is 11.5. The van der Waals surface area contributed by atoms with Gasteiger partial charge in [0.05, 0.1) is 7.11 Å². The fourth-order valence-electron chi connectivity index (χ4n) is 2.22. The summed E-state index contributed by atoms with van der Waals surface area (Å²) in [6.45, 7) is 1.97. The molecule has 1 amide bonds. The average Bonchev–Trinajstić information content (AvgIpc) is 2.35. The standard InChI is InChI=1S/C13H18N2O4S/c1-13(6-3-7-13)15-12(16)9-4-5-10(19-2)11(8-9)20(14,17)18/h4-5,8H,3,6-7H2,1-2H3,(H,15,16)(H2,14,17,18). The maximum Gasteiger partial charge on any atom is 0.251 e. The van der Waals surface area contributed by atoms with Gasteiger partial charge in [0, 0.05) is 11.1 Å². The summed E-state index contributed by atoms with van der Waals surface area (Å²) in [6.07, 6.45) is 2.94. The minimum Gasteiger partial charge on any atom is -0.495 e. The van der Waals surface area contributed by atoms with Crippen molar-refractivity contribution in [1.82, 2.24) is 5.32 Å². The smallest absolute Gasteiger partial charge is 0.251 e. The van der Waals surface area contributed by atoms with Gasteiger partial charge in [-0.05, 0) is 44.4 Å². The Hall–Kier alpha value is -1.60. The van der Waals surface area contributed by atoms with Gasteiger partial charge in [0.25, 0.3) is 5.91 Å². The molecule has 0 bridgehead atoms. The van der Waals surface area contributed by atoms with E-state index in [9.17, 15) is 13.2 Å². The Kier molecular flexibility index (Phi) is 3.75. The first-order valence-electron chi connectivity index (χ1n) is 6.28. The number of ether oxygens (including phenoxy) is 1. The lowest BCUT2D eigenvalue weighted by Crippen LogP contribution is -2.50. The van der Waals surface area contributed by atoms with Gasteiger partial charge in [0.15, 0.2) is 0 Å². The summed E-state index contributed by atoms with van der Waals surface area (Å²) in [6, 6.07) is 4.19. The Morgan fingerprint density at radius 1 is 1.40 bits per heavy atom. The van der Waals surface area contributed by atoms with Crippen LogP contribution in [0.4, 0.5) is 0 Å². The normalized spacial score (nSPS) is 17.1. The highest BCUT2D eigenvalue weighted by Crippen LogP contribution is 2.31. The van der Waals surface area contributed by atoms with E-state index < -0.39 is 10.0 Å². The van der Waals surface area contributed by atoms with Crippen molar-refractivity contribution in [3.8, 4) is 5.75 Å². The van der Waals surface area contributed by atoms with Gasteiger partial charge in [-0.25, -0.2) is 13.6 Å². The number of sulfonamides is 1. The van der Waals surface area contributed by atoms with Crippen LogP contribution in [0.1, 0.15) is 36.5 Å². The Morgan fingerprint density at radius 3 is 2.50 bits per heavy atom. The molecule has 2 rings (SSSR count). The van der Waals surface area contributed by atoms with Crippen molar-refractivity contribution < 1.29 is 17.9 Å². The summed E-state index contributed by atoms with van der Waals surface area (Å²) >= 11 is 0. The third-order valence-corrected chi connectivity index (χ3v) is 4.54. The number of benzene rings is 1. The second kappa shape index (κ2) is 5.06. The molecule has 7 heteroatoms. The van der Waals surface area contributed by atoms with Crippen LogP contribution in [-0.4, -0.2) is 27.0 Å². The first-order valence-corrected chi connectivity index (χ1v) is 7.83. The minimum atomic E-state index is -3.94. The molecule has 1 aromatic rings. The molecule has 3 N–H and O–H groups in total. The van der Waals surface area contributed by atoms with Crippen LogP contribution in [0.2, 0.25) is 0 Å². The first kappa shape index (κ1) is 14.8. The van der Waals surface area contributed by atoms with Crippen LogP contribution in [0, 0.1) is 0 Å². The molecule has 0 atom stereocenters. The number of methoxy groups -OCH3 is 1. The van der Waals surface area contributed by atoms with Crippen molar-refractivity contribution in [3.63, 3.8) is 0 Å². The van der Waals surface area contributed by atoms with Crippen molar-refractivity contribution in [1.29, 1.82) is 0 Å². The van der Waals surface area contributed by atoms with Gasteiger partial charge in [0.2, 0.25) is 10.0 Å². The Balaban J connectivity index is 2.31. The fraction of sp³-hybridized carbons (Fsp3) is 0.462. The highest BCUT2D eigenvalue weighted by Gasteiger charge is 2.33. The summed E-state index contributed by atoms with van der Waals surface area (Å²) in [5, 5.41) is 8.04. The second-order valence-corrected chi connectivity index (χ2v) is 6.81. The van der Waals surface area contributed by atoms with Crippen molar-refractivity contribution in [2.45, 2.75) is 36.6 Å². The monoisotopic (exact) mass is 298 g/mol. The molecule has 0 aliphatic heterocycles. The van der Waals surface area contributed by atoms with Crippen molar-refractivity contribution in [3.05, 3.63) is 23.8 Å². The molecule has 0 aromatic heterocycles. The molecular weight excluding hydrogens is 280 g/mol. The van der Waals surface area contributed by atoms with Gasteiger partial charge in [-0.1, -0.05) is 0 Å². The van der Waals surface area contributed by atoms with Crippen molar-refractivity contribution >= 4 is 15.9 Å². The van der Waals surface area contributed by atoms with Crippen LogP contribution >= 0.6 is 0 Å². The van der Waals surface area contributed by atoms with Gasteiger partial charge in [-0.3, -0.25) is 4.79 Å². The highest BCUT2D eigenvalue weighted by molar-refractivity contribution is 7.89. The SMILES string of the molecule is COc1ccc(C(=O)NC2(C)CCC2)cc1S(N)(=O)=O. The quantitative estimate of drug-likeness (QED) is 0.866. The van der Waals surface area contributed by atoms with E-state index in [4.69, 9.17) is 9.88 Å². The number of amides is 1. The number of primary sulfonamides is 1. The molecule has 6 nitrogen and oxygen atoms in total. The Morgan fingerprint density at radius 2 is 2.05 bits per heavy atom. The summed E-state index contributed by atoms with van der Waals surface area (Å²) in [4.78, 5) is 12.0. The van der Waals surface area contributed by atoms with Gasteiger partial charge in [-0.15, -0.1) is 0 Å². The van der Waals surface area contributed by atoms with E-state index in [1.54, 1.807) is 0 Å². The third-order valence-electron chi connectivity index (χ3n) is 3.60. The van der Waals surface area contributed by atoms with Gasteiger partial charge >= 0.3 is 0 Å². The fourth-order valence-corrected chi connectivity index (χ4v) is 2.94. The molecule has 0 saturated heterocycles. The molecule has 0 heterocycles. The molecule has 110 valence electrons. The van der Waals surface area contributed by atoms with E-state index in [1.165, 1.54) is 25.3 Å². The largest absolute Gasteiger partial charge is 0.495 e. The lowest BCUT2D eigenvalue weighted by atomic mass is 9.78. The van der Waals surface area contributed by atoms with Crippen LogP contribution in [-0.2, 0) is 10.0 Å². The second-order valence-electron chi connectivity index (χ2n) is 5.28. The maximum atomic E-state index is 12.1. The summed E-state index contributed by atoms with van der Waals surface area (Å²) in [5.41, 5.74) is 0.0571. The van der Waals surface area contributed by atoms with Gasteiger partial charge in [0.1, 0.15) is 10.6 Å². The van der Waals surface area contributed by atoms with Gasteiger partial charge < -0.3 is 10.1 Å². The number of nitrogens with two attached hydrogens (primary N) is 1. The van der Waals surface area contributed by atoms with Crippen LogP contribution in [0.5, 0.6) is 5.75 Å². The number of carbonyl (C=O) groups is 1. The number of hydrogen-bond donors (Lipinski definition) is 2. The van der Waals surface area contributed by atoms with Crippen LogP contribution in [0.15, 0.2) is 23.1 Å². The molecule has 0 spiro atoms. The Labute approximate surface area is 118 Å². The lowest BCUT2D eigenvalue weighted by molar-refractivity contribution is 0.0850. The molecule has 1 aromatic carbocycles. The molecule has 20 heavy (non-hydrogen) atoms. The topological polar surface area (TPSA) is 98.5 Å². The van der Waals surface area contributed by atoms with Crippen molar-refractivity contribution in [2.75, 3.05) is 7.11 Å². The van der Waals surface area contributed by atoms with E-state index in [-0.39, 0.29) is 27.7 Å². The molecule has 1 fully saturated rings. The molecular formula is C13H18N2O4S. The van der Waals surface area contributed by atoms with E-state index in [2.05, 4.69) is 5.32 Å². The summed E-state index contributed by atoms with van der Waals surface area (Å²) in [5.74, 6) is -0.182. The zero-order chi connectivity index (χ0) is 15.0. The Bertz CT molecular complexity index is 636. The lowest BCUT2D eigenvalue weighted by Gasteiger charge is -2.39. The number of carbonyl (C=O) groups excluding carboxylic acids is 1. The number of hydrogen-bond acceptors (Lipinski definition) is 4. The highest BCUT2D eigenvalue weighted by atomic mass is 32.2. The van der Waals surface area contributed by atoms with E-state index in [1.807, 2.05) is 6.92 Å². The molecule has 1 aliphatic carbocycles. The maximum absolute atomic E-state index is 12.1. The third kappa shape index (κ3) is 2.94. The molecule has 1 aliphatic rings. The van der Waals surface area contributed by atoms with Crippen LogP contribution in [0.3, 0.4) is 0 Å². The van der Waals surface area contributed by atoms with E-state index in [0.29, 0.717) is 0 Å². The van der Waals surface area contributed by atoms with Crippen LogP contribution < -0.4 is 15.2 Å². The molecule has 0 unspecified atom stereocenters. The van der Waals surface area contributed by atoms with Gasteiger partial charge in [-0.2, -0.15) is 0 Å². The van der Waals surface area contributed by atoms with Crippen LogP contribution in [0.25, 0.3) is 0 Å². The predicted molar refractivity (Wildman–Crippen MR) is 74.1 cm³/mol. The summed E-state index contributed by atoms with van der Waals surface area (Å²) < 4.78 is 28.0. The minimum absolute atomic E-state index is 0.124. The molecule has 0 radical (unpaired) electrons.